The van der Waals surface area contributed by atoms with Crippen molar-refractivity contribution in [3.05, 3.63) is 59.2 Å². The van der Waals surface area contributed by atoms with Crippen molar-refractivity contribution in [1.82, 2.24) is 4.90 Å². The number of carbonyl (C=O) groups excluding carboxylic acids is 2. The van der Waals surface area contributed by atoms with Crippen molar-refractivity contribution in [2.45, 2.75) is 6.54 Å². The molecular weight excluding hydrogens is 268 g/mol. The molecule has 0 bridgehead atoms. The number of ether oxygens (including phenoxy) is 1. The van der Waals surface area contributed by atoms with Crippen molar-refractivity contribution in [3.63, 3.8) is 0 Å². The van der Waals surface area contributed by atoms with Crippen LogP contribution in [-0.4, -0.2) is 23.8 Å². The minimum absolute atomic E-state index is 0.232. The molecule has 2 N–H and O–H groups in total. The van der Waals surface area contributed by atoms with Gasteiger partial charge in [-0.1, -0.05) is 12.1 Å². The number of methoxy groups -OCH3 is 1. The molecule has 21 heavy (non-hydrogen) atoms. The van der Waals surface area contributed by atoms with Crippen LogP contribution in [-0.2, 0) is 6.54 Å². The molecule has 1 heterocycles. The van der Waals surface area contributed by atoms with Gasteiger partial charge in [0.1, 0.15) is 5.75 Å². The van der Waals surface area contributed by atoms with E-state index in [1.54, 1.807) is 37.4 Å². The van der Waals surface area contributed by atoms with Crippen LogP contribution < -0.4 is 10.5 Å². The van der Waals surface area contributed by atoms with Crippen molar-refractivity contribution in [1.29, 1.82) is 0 Å². The Bertz CT molecular complexity index is 723. The summed E-state index contributed by atoms with van der Waals surface area (Å²) in [5.74, 6) is 0.137. The van der Waals surface area contributed by atoms with Gasteiger partial charge in [-0.2, -0.15) is 0 Å². The molecule has 2 amide bonds. The average Bonchev–Trinajstić information content (AvgIpc) is 2.73. The van der Waals surface area contributed by atoms with Gasteiger partial charge in [0, 0.05) is 5.69 Å². The first-order chi connectivity index (χ1) is 10.1. The molecule has 0 aromatic heterocycles. The van der Waals surface area contributed by atoms with Gasteiger partial charge in [-0.3, -0.25) is 14.5 Å². The molecule has 5 heteroatoms. The standard InChI is InChI=1S/C16H14N2O3/c1-21-12-5-2-10(3-6-12)9-18-15(19)13-7-4-11(17)8-14(13)16(18)20/h2-8H,9,17H2,1H3. The molecule has 0 saturated carbocycles. The first kappa shape index (κ1) is 13.2. The molecule has 3 rings (SSSR count). The number of fused-ring (bicyclic) bond motifs is 1. The van der Waals surface area contributed by atoms with E-state index in [-0.39, 0.29) is 18.4 Å². The fraction of sp³-hybridized carbons (Fsp3) is 0.125. The number of imide groups is 1. The summed E-state index contributed by atoms with van der Waals surface area (Å²) < 4.78 is 5.08. The van der Waals surface area contributed by atoms with E-state index in [0.29, 0.717) is 16.8 Å². The Balaban J connectivity index is 1.87. The minimum Gasteiger partial charge on any atom is -0.497 e. The molecule has 0 spiro atoms. The predicted molar refractivity (Wildman–Crippen MR) is 78.1 cm³/mol. The highest BCUT2D eigenvalue weighted by atomic mass is 16.5. The molecule has 2 aromatic rings. The molecular formula is C16H14N2O3. The summed E-state index contributed by atoms with van der Waals surface area (Å²) in [6, 6.07) is 12.0. The Labute approximate surface area is 121 Å². The Morgan fingerprint density at radius 2 is 1.67 bits per heavy atom. The first-order valence-corrected chi connectivity index (χ1v) is 6.49. The lowest BCUT2D eigenvalue weighted by molar-refractivity contribution is 0.0642. The normalized spacial score (nSPS) is 13.5. The summed E-state index contributed by atoms with van der Waals surface area (Å²) in [7, 11) is 1.59. The van der Waals surface area contributed by atoms with Crippen LogP contribution in [0.1, 0.15) is 26.3 Å². The lowest BCUT2D eigenvalue weighted by Crippen LogP contribution is -2.29. The van der Waals surface area contributed by atoms with E-state index in [2.05, 4.69) is 0 Å². The van der Waals surface area contributed by atoms with Crippen LogP contribution in [0.2, 0.25) is 0 Å². The van der Waals surface area contributed by atoms with E-state index in [4.69, 9.17) is 10.5 Å². The van der Waals surface area contributed by atoms with Crippen molar-refractivity contribution >= 4 is 17.5 Å². The summed E-state index contributed by atoms with van der Waals surface area (Å²) in [6.07, 6.45) is 0. The highest BCUT2D eigenvalue weighted by Gasteiger charge is 2.35. The second-order valence-corrected chi connectivity index (χ2v) is 4.85. The maximum Gasteiger partial charge on any atom is 0.261 e. The second-order valence-electron chi connectivity index (χ2n) is 4.85. The molecule has 0 fully saturated rings. The highest BCUT2D eigenvalue weighted by molar-refractivity contribution is 6.21. The summed E-state index contributed by atoms with van der Waals surface area (Å²) in [5.41, 5.74) is 7.78. The fourth-order valence-electron chi connectivity index (χ4n) is 2.37. The SMILES string of the molecule is COc1ccc(CN2C(=O)c3ccc(N)cc3C2=O)cc1. The van der Waals surface area contributed by atoms with Gasteiger partial charge in [-0.25, -0.2) is 0 Å². The van der Waals surface area contributed by atoms with E-state index in [1.807, 2.05) is 12.1 Å². The Morgan fingerprint density at radius 1 is 1.00 bits per heavy atom. The van der Waals surface area contributed by atoms with Crippen molar-refractivity contribution in [2.75, 3.05) is 12.8 Å². The average molecular weight is 282 g/mol. The van der Waals surface area contributed by atoms with E-state index < -0.39 is 0 Å². The summed E-state index contributed by atoms with van der Waals surface area (Å²) in [5, 5.41) is 0. The van der Waals surface area contributed by atoms with Gasteiger partial charge in [-0.05, 0) is 35.9 Å². The number of rotatable bonds is 3. The van der Waals surface area contributed by atoms with Crippen molar-refractivity contribution in [2.24, 2.45) is 0 Å². The van der Waals surface area contributed by atoms with Gasteiger partial charge in [-0.15, -0.1) is 0 Å². The Morgan fingerprint density at radius 3 is 2.33 bits per heavy atom. The number of nitrogens with zero attached hydrogens (tertiary/aromatic N) is 1. The number of hydrogen-bond acceptors (Lipinski definition) is 4. The lowest BCUT2D eigenvalue weighted by Gasteiger charge is -2.14. The molecule has 0 atom stereocenters. The molecule has 1 aliphatic heterocycles. The Hall–Kier alpha value is -2.82. The van der Waals surface area contributed by atoms with Crippen LogP contribution in [0.5, 0.6) is 5.75 Å². The summed E-state index contributed by atoms with van der Waals surface area (Å²) >= 11 is 0. The zero-order valence-corrected chi connectivity index (χ0v) is 11.5. The molecule has 1 aliphatic rings. The first-order valence-electron chi connectivity index (χ1n) is 6.49. The Kier molecular flexibility index (Phi) is 3.10. The quantitative estimate of drug-likeness (QED) is 0.691. The monoisotopic (exact) mass is 282 g/mol. The van der Waals surface area contributed by atoms with E-state index in [9.17, 15) is 9.59 Å². The number of hydrogen-bond donors (Lipinski definition) is 1. The topological polar surface area (TPSA) is 72.6 Å². The number of anilines is 1. The van der Waals surface area contributed by atoms with Crippen molar-refractivity contribution in [3.8, 4) is 5.75 Å². The maximum atomic E-state index is 12.3. The number of amides is 2. The lowest BCUT2D eigenvalue weighted by atomic mass is 10.1. The van der Waals surface area contributed by atoms with Gasteiger partial charge >= 0.3 is 0 Å². The van der Waals surface area contributed by atoms with Gasteiger partial charge in [0.15, 0.2) is 0 Å². The van der Waals surface area contributed by atoms with Crippen molar-refractivity contribution < 1.29 is 14.3 Å². The molecule has 0 saturated heterocycles. The summed E-state index contributed by atoms with van der Waals surface area (Å²) in [6.45, 7) is 0.232. The maximum absolute atomic E-state index is 12.3. The third-order valence-electron chi connectivity index (χ3n) is 3.49. The van der Waals surface area contributed by atoms with Gasteiger partial charge in [0.05, 0.1) is 24.8 Å². The van der Waals surface area contributed by atoms with Gasteiger partial charge < -0.3 is 10.5 Å². The molecule has 106 valence electrons. The van der Waals surface area contributed by atoms with Crippen LogP contribution in [0.15, 0.2) is 42.5 Å². The van der Waals surface area contributed by atoms with Crippen LogP contribution in [0.4, 0.5) is 5.69 Å². The largest absolute Gasteiger partial charge is 0.497 e. The number of nitrogens with two attached hydrogens (primary N) is 1. The van der Waals surface area contributed by atoms with Crippen LogP contribution in [0.25, 0.3) is 0 Å². The molecule has 2 aromatic carbocycles. The molecule has 0 aliphatic carbocycles. The number of carbonyl (C=O) groups is 2. The van der Waals surface area contributed by atoms with Crippen LogP contribution >= 0.6 is 0 Å². The molecule has 5 nitrogen and oxygen atoms in total. The van der Waals surface area contributed by atoms with E-state index >= 15 is 0 Å². The fourth-order valence-corrected chi connectivity index (χ4v) is 2.37. The van der Waals surface area contributed by atoms with E-state index in [0.717, 1.165) is 11.3 Å². The predicted octanol–water partition coefficient (Wildman–Crippen LogP) is 2.07. The van der Waals surface area contributed by atoms with Crippen LogP contribution in [0, 0.1) is 0 Å². The number of benzene rings is 2. The zero-order valence-electron chi connectivity index (χ0n) is 11.5. The highest BCUT2D eigenvalue weighted by Crippen LogP contribution is 2.26. The van der Waals surface area contributed by atoms with Gasteiger partial charge in [0.25, 0.3) is 11.8 Å². The third kappa shape index (κ3) is 2.23. The summed E-state index contributed by atoms with van der Waals surface area (Å²) in [4.78, 5) is 25.8. The van der Waals surface area contributed by atoms with E-state index in [1.165, 1.54) is 4.90 Å². The third-order valence-corrected chi connectivity index (χ3v) is 3.49. The number of nitrogen functional groups attached to an aromatic ring is 1. The molecule has 0 unspecified atom stereocenters. The zero-order chi connectivity index (χ0) is 15.0. The second kappa shape index (κ2) is 4.94. The van der Waals surface area contributed by atoms with Crippen LogP contribution in [0.3, 0.4) is 0 Å². The van der Waals surface area contributed by atoms with Gasteiger partial charge in [0.2, 0.25) is 0 Å². The minimum atomic E-state index is -0.307. The molecule has 0 radical (unpaired) electrons. The smallest absolute Gasteiger partial charge is 0.261 e.